The third-order valence-corrected chi connectivity index (χ3v) is 21.7. The van der Waals surface area contributed by atoms with Crippen molar-refractivity contribution in [3.63, 3.8) is 0 Å². The normalized spacial score (nSPS) is 26.8. The third kappa shape index (κ3) is 6.04. The van der Waals surface area contributed by atoms with Gasteiger partial charge >= 0.3 is 0 Å². The fourth-order valence-electron chi connectivity index (χ4n) is 17.0. The maximum atomic E-state index is 2.99. The van der Waals surface area contributed by atoms with Gasteiger partial charge in [-0.05, 0) is 166 Å². The van der Waals surface area contributed by atoms with E-state index in [1.165, 1.54) is 158 Å². The predicted octanol–water partition coefficient (Wildman–Crippen LogP) is 16.9. The molecule has 4 aliphatic carbocycles. The van der Waals surface area contributed by atoms with Crippen molar-refractivity contribution in [3.8, 4) is 0 Å². The number of aryl methyl sites for hydroxylation is 2. The van der Waals surface area contributed by atoms with E-state index in [2.05, 4.69) is 223 Å². The molecule has 2 saturated carbocycles. The number of allylic oxidation sites excluding steroid dienone is 6. The van der Waals surface area contributed by atoms with E-state index in [1.807, 2.05) is 0 Å². The molecule has 4 aliphatic heterocycles. The van der Waals surface area contributed by atoms with Crippen LogP contribution in [0.5, 0.6) is 0 Å². The minimum absolute atomic E-state index is 0.000260. The van der Waals surface area contributed by atoms with Crippen LogP contribution in [0.25, 0.3) is 5.57 Å². The van der Waals surface area contributed by atoms with Crippen molar-refractivity contribution < 1.29 is 0 Å². The molecule has 4 atom stereocenters. The predicted molar refractivity (Wildman–Crippen MR) is 320 cm³/mol. The molecular formula is C70H84BN3. The van der Waals surface area contributed by atoms with Gasteiger partial charge < -0.3 is 14.7 Å². The van der Waals surface area contributed by atoms with Crippen molar-refractivity contribution in [3.05, 3.63) is 147 Å². The number of benzene rings is 5. The summed E-state index contributed by atoms with van der Waals surface area (Å²) >= 11 is 0. The Bertz CT molecular complexity index is 3390. The third-order valence-electron chi connectivity index (χ3n) is 21.7. The van der Waals surface area contributed by atoms with Crippen LogP contribution in [0.15, 0.2) is 96.6 Å². The van der Waals surface area contributed by atoms with E-state index in [4.69, 9.17) is 0 Å². The second kappa shape index (κ2) is 15.0. The van der Waals surface area contributed by atoms with E-state index in [-0.39, 0.29) is 50.3 Å². The minimum atomic E-state index is -0.151. The van der Waals surface area contributed by atoms with Gasteiger partial charge in [0.1, 0.15) is 0 Å². The maximum Gasteiger partial charge on any atom is 0.252 e. The lowest BCUT2D eigenvalue weighted by atomic mass is 9.33. The lowest BCUT2D eigenvalue weighted by Gasteiger charge is -2.54. The lowest BCUT2D eigenvalue weighted by molar-refractivity contribution is 0.194. The van der Waals surface area contributed by atoms with Gasteiger partial charge in [0, 0.05) is 55.9 Å². The van der Waals surface area contributed by atoms with E-state index in [0.29, 0.717) is 0 Å². The monoisotopic (exact) mass is 978 g/mol. The maximum absolute atomic E-state index is 2.99. The van der Waals surface area contributed by atoms with Crippen LogP contribution < -0.4 is 31.1 Å². The van der Waals surface area contributed by atoms with Crippen LogP contribution in [0.2, 0.25) is 0 Å². The van der Waals surface area contributed by atoms with E-state index in [1.54, 1.807) is 11.1 Å². The van der Waals surface area contributed by atoms with Crippen molar-refractivity contribution in [2.24, 2.45) is 0 Å². The molecule has 0 aromatic heterocycles. The van der Waals surface area contributed by atoms with Crippen LogP contribution in [0.3, 0.4) is 0 Å². The zero-order chi connectivity index (χ0) is 52.4. The molecule has 2 fully saturated rings. The van der Waals surface area contributed by atoms with Crippen molar-refractivity contribution in [2.45, 2.75) is 219 Å². The molecule has 0 amide bonds. The van der Waals surface area contributed by atoms with Crippen LogP contribution in [-0.2, 0) is 32.5 Å². The summed E-state index contributed by atoms with van der Waals surface area (Å²) in [5.41, 5.74) is 30.0. The zero-order valence-electron chi connectivity index (χ0n) is 48.4. The number of rotatable bonds is 2. The molecule has 4 heterocycles. The van der Waals surface area contributed by atoms with E-state index in [9.17, 15) is 0 Å². The van der Waals surface area contributed by atoms with E-state index >= 15 is 0 Å². The second-order valence-corrected chi connectivity index (χ2v) is 29.3. The molecule has 4 heteroatoms. The van der Waals surface area contributed by atoms with E-state index in [0.717, 1.165) is 6.42 Å². The molecular weight excluding hydrogens is 894 g/mol. The molecule has 5 aromatic rings. The Hall–Kier alpha value is -5.22. The Labute approximate surface area is 446 Å². The molecule has 3 nitrogen and oxygen atoms in total. The van der Waals surface area contributed by atoms with Crippen molar-refractivity contribution in [2.75, 3.05) is 14.7 Å². The summed E-state index contributed by atoms with van der Waals surface area (Å²) in [6.07, 6.45) is 20.2. The number of anilines is 7. The lowest BCUT2D eigenvalue weighted by Crippen LogP contribution is -2.65. The van der Waals surface area contributed by atoms with Gasteiger partial charge in [-0.15, -0.1) is 0 Å². The van der Waals surface area contributed by atoms with Crippen LogP contribution in [0.4, 0.5) is 39.8 Å². The van der Waals surface area contributed by atoms with E-state index < -0.39 is 0 Å². The summed E-state index contributed by atoms with van der Waals surface area (Å²) in [6, 6.07) is 28.8. The van der Waals surface area contributed by atoms with Gasteiger partial charge in [-0.2, -0.15) is 0 Å². The first-order chi connectivity index (χ1) is 34.7. The van der Waals surface area contributed by atoms with Crippen LogP contribution in [-0.4, -0.2) is 17.8 Å². The highest BCUT2D eigenvalue weighted by atomic mass is 15.3. The second-order valence-electron chi connectivity index (χ2n) is 29.3. The Morgan fingerprint density at radius 3 is 1.73 bits per heavy atom. The fraction of sp³-hybridized carbons (Fsp3) is 0.486. The van der Waals surface area contributed by atoms with Gasteiger partial charge in [0.25, 0.3) is 6.71 Å². The fourth-order valence-corrected chi connectivity index (χ4v) is 17.0. The first kappa shape index (κ1) is 48.4. The summed E-state index contributed by atoms with van der Waals surface area (Å²) in [6.45, 7) is 42.1. The summed E-state index contributed by atoms with van der Waals surface area (Å²) in [7, 11) is 0. The molecule has 0 N–H and O–H groups in total. The summed E-state index contributed by atoms with van der Waals surface area (Å²) in [5, 5.41) is 0. The molecule has 0 spiro atoms. The molecule has 382 valence electrons. The highest BCUT2D eigenvalue weighted by Gasteiger charge is 2.63. The van der Waals surface area contributed by atoms with Crippen LogP contribution in [0, 0.1) is 13.8 Å². The van der Waals surface area contributed by atoms with Crippen LogP contribution >= 0.6 is 0 Å². The number of fused-ring (bicyclic) bond motifs is 13. The minimum Gasteiger partial charge on any atom is -0.335 e. The first-order valence-electron chi connectivity index (χ1n) is 29.0. The van der Waals surface area contributed by atoms with Gasteiger partial charge in [0.2, 0.25) is 0 Å². The number of nitrogens with zero attached hydrogens (tertiary/aromatic N) is 3. The Kier molecular flexibility index (Phi) is 9.84. The Balaban J connectivity index is 1.21. The SMILES string of the molecule is Cc1cc(C(C)(C)C)cc(C)c1N1c2cc(N3c4ccc(C(C)(C)C)cc4C4(C)CCCCC34C)cc3c2B(c2ccc4c(c21)C1=C(C=CC=CC1)C4(C)C)c1cc(C(C)(C)C)cc2c1N3C1(C)CCCCC21C. The van der Waals surface area contributed by atoms with Crippen molar-refractivity contribution >= 4 is 68.5 Å². The largest absolute Gasteiger partial charge is 0.335 e. The summed E-state index contributed by atoms with van der Waals surface area (Å²) in [4.78, 5) is 8.77. The smallest absolute Gasteiger partial charge is 0.252 e. The van der Waals surface area contributed by atoms with Gasteiger partial charge in [-0.3, -0.25) is 0 Å². The molecule has 8 aliphatic rings. The van der Waals surface area contributed by atoms with Gasteiger partial charge in [-0.1, -0.05) is 189 Å². The average molecular weight is 978 g/mol. The molecule has 4 unspecified atom stereocenters. The Morgan fingerprint density at radius 2 is 1.08 bits per heavy atom. The van der Waals surface area contributed by atoms with Gasteiger partial charge in [-0.25, -0.2) is 0 Å². The summed E-state index contributed by atoms with van der Waals surface area (Å²) < 4.78 is 0. The molecule has 0 radical (unpaired) electrons. The number of hydrogen-bond acceptors (Lipinski definition) is 3. The molecule has 13 rings (SSSR count). The average Bonchev–Trinajstić information content (AvgIpc) is 3.62. The van der Waals surface area contributed by atoms with Crippen molar-refractivity contribution in [1.82, 2.24) is 0 Å². The Morgan fingerprint density at radius 1 is 0.500 bits per heavy atom. The highest BCUT2D eigenvalue weighted by Crippen LogP contribution is 2.66. The zero-order valence-corrected chi connectivity index (χ0v) is 48.4. The number of hydrogen-bond donors (Lipinski definition) is 0. The van der Waals surface area contributed by atoms with Crippen LogP contribution in [0.1, 0.15) is 212 Å². The van der Waals surface area contributed by atoms with Crippen molar-refractivity contribution in [1.29, 1.82) is 0 Å². The molecule has 5 aromatic carbocycles. The first-order valence-corrected chi connectivity index (χ1v) is 29.0. The van der Waals surface area contributed by atoms with Gasteiger partial charge in [0.15, 0.2) is 0 Å². The molecule has 74 heavy (non-hydrogen) atoms. The summed E-state index contributed by atoms with van der Waals surface area (Å²) in [5.74, 6) is 0. The quantitative estimate of drug-likeness (QED) is 0.160. The molecule has 0 saturated heterocycles. The highest BCUT2D eigenvalue weighted by molar-refractivity contribution is 7.00. The van der Waals surface area contributed by atoms with Gasteiger partial charge in [0.05, 0.1) is 16.8 Å². The standard InChI is InChI=1S/C70H84BN3/c1-42-35-45(64(6,7)8)36-43(2)60(42)72-56-40-47(73-55-30-27-44(63(3,4)5)37-51(55)67(14)31-21-23-33-69(67,73)16)41-57-59(56)71(53-29-28-50-58(62(53)72)48-25-19-18-20-26-49(48)66(50,12)13)54-39-46(65(9,10)11)38-52-61(54)74(57)70(17)34-24-22-32-68(52,70)15/h18-20,26-30,35-41H,21-25,31-34H2,1-17H3. The topological polar surface area (TPSA) is 9.72 Å². The molecule has 0 bridgehead atoms.